The number of sulfonamides is 1. The number of nitrogens with one attached hydrogen (secondary N) is 1. The predicted molar refractivity (Wildman–Crippen MR) is 75.0 cm³/mol. The molecule has 1 aliphatic rings. The Hall–Kier alpha value is -0.660. The van der Waals surface area contributed by atoms with Crippen LogP contribution in [0, 0.1) is 0 Å². The first-order valence-electron chi connectivity index (χ1n) is 5.79. The standard InChI is InChI=1S/C11H16BrN3O2S/c1-15-6-4-10(5-7-15)18(16,17)14-11-3-2-9(12)8-13-11/h2-3,8,10H,4-7H2,1H3,(H,13,14). The fraction of sp³-hybridized carbons (Fsp3) is 0.545. The minimum absolute atomic E-state index is 0.320. The summed E-state index contributed by atoms with van der Waals surface area (Å²) in [6.45, 7) is 1.64. The third kappa shape index (κ3) is 3.43. The smallest absolute Gasteiger partial charge is 0.236 e. The maximum atomic E-state index is 12.2. The lowest BCUT2D eigenvalue weighted by molar-refractivity contribution is 0.278. The zero-order chi connectivity index (χ0) is 13.2. The summed E-state index contributed by atoms with van der Waals surface area (Å²) in [6.07, 6.45) is 2.91. The van der Waals surface area contributed by atoms with E-state index in [0.717, 1.165) is 17.6 Å². The minimum Gasteiger partial charge on any atom is -0.306 e. The first-order valence-corrected chi connectivity index (χ1v) is 8.13. The molecule has 5 nitrogen and oxygen atoms in total. The molecule has 0 aliphatic carbocycles. The molecule has 0 atom stereocenters. The fourth-order valence-electron chi connectivity index (χ4n) is 1.96. The van der Waals surface area contributed by atoms with Crippen molar-refractivity contribution < 1.29 is 8.42 Å². The Morgan fingerprint density at radius 2 is 2.06 bits per heavy atom. The lowest BCUT2D eigenvalue weighted by Crippen LogP contribution is -2.39. The van der Waals surface area contributed by atoms with Crippen LogP contribution < -0.4 is 4.72 Å². The quantitative estimate of drug-likeness (QED) is 0.914. The first kappa shape index (κ1) is 13.8. The number of likely N-dealkylation sites (tertiary alicyclic amines) is 1. The topological polar surface area (TPSA) is 62.3 Å². The van der Waals surface area contributed by atoms with Gasteiger partial charge in [0.25, 0.3) is 0 Å². The van der Waals surface area contributed by atoms with Crippen LogP contribution >= 0.6 is 15.9 Å². The summed E-state index contributed by atoms with van der Waals surface area (Å²) < 4.78 is 27.7. The van der Waals surface area contributed by atoms with Crippen LogP contribution in [-0.2, 0) is 10.0 Å². The van der Waals surface area contributed by atoms with E-state index in [0.29, 0.717) is 18.7 Å². The first-order chi connectivity index (χ1) is 8.47. The second-order valence-corrected chi connectivity index (χ2v) is 7.39. The Bertz CT molecular complexity index is 496. The van der Waals surface area contributed by atoms with Crippen molar-refractivity contribution in [2.75, 3.05) is 24.9 Å². The van der Waals surface area contributed by atoms with Crippen molar-refractivity contribution in [2.24, 2.45) is 0 Å². The molecule has 7 heteroatoms. The van der Waals surface area contributed by atoms with Gasteiger partial charge in [-0.25, -0.2) is 13.4 Å². The Morgan fingerprint density at radius 3 is 2.61 bits per heavy atom. The van der Waals surface area contributed by atoms with E-state index in [2.05, 4.69) is 30.5 Å². The number of hydrogen-bond donors (Lipinski definition) is 1. The molecule has 18 heavy (non-hydrogen) atoms. The highest BCUT2D eigenvalue weighted by Gasteiger charge is 2.29. The van der Waals surface area contributed by atoms with E-state index in [4.69, 9.17) is 0 Å². The molecule has 1 N–H and O–H groups in total. The van der Waals surface area contributed by atoms with Crippen LogP contribution in [0.25, 0.3) is 0 Å². The van der Waals surface area contributed by atoms with Gasteiger partial charge in [-0.15, -0.1) is 0 Å². The number of pyridine rings is 1. The summed E-state index contributed by atoms with van der Waals surface area (Å²) in [4.78, 5) is 6.17. The maximum absolute atomic E-state index is 12.2. The second kappa shape index (κ2) is 5.54. The number of hydrogen-bond acceptors (Lipinski definition) is 4. The monoisotopic (exact) mass is 333 g/mol. The molecule has 0 amide bonds. The number of nitrogens with zero attached hydrogens (tertiary/aromatic N) is 2. The molecule has 0 radical (unpaired) electrons. The Kier molecular flexibility index (Phi) is 4.24. The molecule has 2 rings (SSSR count). The van der Waals surface area contributed by atoms with Crippen molar-refractivity contribution in [1.29, 1.82) is 0 Å². The van der Waals surface area contributed by atoms with Gasteiger partial charge in [-0.2, -0.15) is 0 Å². The van der Waals surface area contributed by atoms with Crippen molar-refractivity contribution in [3.05, 3.63) is 22.8 Å². The number of rotatable bonds is 3. The third-order valence-corrected chi connectivity index (χ3v) is 5.39. The summed E-state index contributed by atoms with van der Waals surface area (Å²) in [6, 6.07) is 3.41. The molecule has 0 aromatic carbocycles. The third-order valence-electron chi connectivity index (χ3n) is 3.08. The SMILES string of the molecule is CN1CCC(S(=O)(=O)Nc2ccc(Br)cn2)CC1. The van der Waals surface area contributed by atoms with Gasteiger partial charge in [0.15, 0.2) is 0 Å². The van der Waals surface area contributed by atoms with Gasteiger partial charge in [0, 0.05) is 10.7 Å². The summed E-state index contributed by atoms with van der Waals surface area (Å²) in [5.74, 6) is 0.372. The number of anilines is 1. The van der Waals surface area contributed by atoms with E-state index in [1.54, 1.807) is 18.3 Å². The van der Waals surface area contributed by atoms with Crippen molar-refractivity contribution in [1.82, 2.24) is 9.88 Å². The van der Waals surface area contributed by atoms with Gasteiger partial charge in [0.05, 0.1) is 5.25 Å². The van der Waals surface area contributed by atoms with Crippen LogP contribution in [0.15, 0.2) is 22.8 Å². The normalized spacial score (nSPS) is 18.8. The highest BCUT2D eigenvalue weighted by Crippen LogP contribution is 2.19. The minimum atomic E-state index is -3.33. The van der Waals surface area contributed by atoms with E-state index in [-0.39, 0.29) is 5.25 Å². The summed E-state index contributed by atoms with van der Waals surface area (Å²) in [5.41, 5.74) is 0. The molecule has 1 aromatic heterocycles. The molecule has 1 saturated heterocycles. The average Bonchev–Trinajstić information content (AvgIpc) is 2.32. The van der Waals surface area contributed by atoms with E-state index < -0.39 is 10.0 Å². The zero-order valence-corrected chi connectivity index (χ0v) is 12.5. The maximum Gasteiger partial charge on any atom is 0.236 e. The van der Waals surface area contributed by atoms with Gasteiger partial charge in [-0.1, -0.05) is 0 Å². The van der Waals surface area contributed by atoms with Gasteiger partial charge in [0.1, 0.15) is 5.82 Å². The highest BCUT2D eigenvalue weighted by molar-refractivity contribution is 9.10. The van der Waals surface area contributed by atoms with E-state index in [1.807, 2.05) is 7.05 Å². The van der Waals surface area contributed by atoms with Gasteiger partial charge in [-0.05, 0) is 61.0 Å². The van der Waals surface area contributed by atoms with Crippen LogP contribution in [0.5, 0.6) is 0 Å². The molecular weight excluding hydrogens is 318 g/mol. The van der Waals surface area contributed by atoms with Crippen LogP contribution in [0.3, 0.4) is 0 Å². The predicted octanol–water partition coefficient (Wildman–Crippen LogP) is 1.68. The van der Waals surface area contributed by atoms with Crippen molar-refractivity contribution in [3.8, 4) is 0 Å². The van der Waals surface area contributed by atoms with Gasteiger partial charge in [0.2, 0.25) is 10.0 Å². The molecule has 0 spiro atoms. The van der Waals surface area contributed by atoms with Crippen molar-refractivity contribution in [3.63, 3.8) is 0 Å². The number of piperidine rings is 1. The van der Waals surface area contributed by atoms with Crippen LogP contribution in [0.1, 0.15) is 12.8 Å². The summed E-state index contributed by atoms with van der Waals surface area (Å²) in [5, 5.41) is -0.320. The molecule has 1 aromatic rings. The van der Waals surface area contributed by atoms with E-state index >= 15 is 0 Å². The molecule has 100 valence electrons. The molecule has 0 unspecified atom stereocenters. The highest BCUT2D eigenvalue weighted by atomic mass is 79.9. The van der Waals surface area contributed by atoms with Crippen LogP contribution in [0.2, 0.25) is 0 Å². The van der Waals surface area contributed by atoms with Crippen LogP contribution in [-0.4, -0.2) is 43.7 Å². The molecule has 0 saturated carbocycles. The Morgan fingerprint density at radius 1 is 1.39 bits per heavy atom. The molecular formula is C11H16BrN3O2S. The fourth-order valence-corrected chi connectivity index (χ4v) is 3.61. The van der Waals surface area contributed by atoms with Crippen molar-refractivity contribution >= 4 is 31.8 Å². The average molecular weight is 334 g/mol. The summed E-state index contributed by atoms with van der Waals surface area (Å²) >= 11 is 3.26. The van der Waals surface area contributed by atoms with Crippen LogP contribution in [0.4, 0.5) is 5.82 Å². The lowest BCUT2D eigenvalue weighted by atomic mass is 10.1. The van der Waals surface area contributed by atoms with Crippen molar-refractivity contribution in [2.45, 2.75) is 18.1 Å². The zero-order valence-electron chi connectivity index (χ0n) is 10.1. The van der Waals surface area contributed by atoms with E-state index in [9.17, 15) is 8.42 Å². The second-order valence-electron chi connectivity index (χ2n) is 4.51. The lowest BCUT2D eigenvalue weighted by Gasteiger charge is -2.28. The number of aromatic nitrogens is 1. The summed E-state index contributed by atoms with van der Waals surface area (Å²) in [7, 11) is -1.32. The van der Waals surface area contributed by atoms with Gasteiger partial charge < -0.3 is 4.90 Å². The largest absolute Gasteiger partial charge is 0.306 e. The molecule has 1 aliphatic heterocycles. The van der Waals surface area contributed by atoms with E-state index in [1.165, 1.54) is 0 Å². The molecule has 0 bridgehead atoms. The Labute approximate surface area is 116 Å². The number of halogens is 1. The molecule has 1 fully saturated rings. The molecule has 2 heterocycles. The Balaban J connectivity index is 2.05. The van der Waals surface area contributed by atoms with Gasteiger partial charge >= 0.3 is 0 Å². The van der Waals surface area contributed by atoms with Gasteiger partial charge in [-0.3, -0.25) is 4.72 Å².